The van der Waals surface area contributed by atoms with E-state index in [1.807, 2.05) is 12.3 Å². The molecule has 0 radical (unpaired) electrons. The lowest BCUT2D eigenvalue weighted by Crippen LogP contribution is -2.36. The zero-order chi connectivity index (χ0) is 16.9. The van der Waals surface area contributed by atoms with Crippen molar-refractivity contribution in [2.24, 2.45) is 0 Å². The van der Waals surface area contributed by atoms with Gasteiger partial charge in [-0.15, -0.1) is 11.3 Å². The number of likely N-dealkylation sites (tertiary alicyclic amines) is 1. The Morgan fingerprint density at radius 1 is 1.50 bits per heavy atom. The van der Waals surface area contributed by atoms with Gasteiger partial charge in [-0.1, -0.05) is 12.5 Å². The van der Waals surface area contributed by atoms with Crippen LogP contribution < -0.4 is 5.32 Å². The van der Waals surface area contributed by atoms with Gasteiger partial charge in [0.05, 0.1) is 11.6 Å². The first kappa shape index (κ1) is 16.6. The largest absolute Gasteiger partial charge is 0.298 e. The average Bonchev–Trinajstić information content (AvgIpc) is 3.04. The van der Waals surface area contributed by atoms with Crippen LogP contribution in [0.4, 0.5) is 5.13 Å². The Bertz CT molecular complexity index is 764. The molecule has 1 N–H and O–H groups in total. The van der Waals surface area contributed by atoms with Gasteiger partial charge < -0.3 is 0 Å². The van der Waals surface area contributed by atoms with Gasteiger partial charge in [0.15, 0.2) is 5.13 Å². The fraction of sp³-hybridized carbons (Fsp3) is 0.389. The number of hydrogen-bond acceptors (Lipinski definition) is 5. The summed E-state index contributed by atoms with van der Waals surface area (Å²) in [6.07, 6.45) is 5.65. The Hall–Kier alpha value is -2.23. The van der Waals surface area contributed by atoms with Gasteiger partial charge >= 0.3 is 0 Å². The molecule has 0 saturated carbocycles. The number of nitriles is 1. The molecule has 0 spiro atoms. The van der Waals surface area contributed by atoms with E-state index in [2.05, 4.69) is 22.1 Å². The van der Waals surface area contributed by atoms with Crippen LogP contribution in [0.3, 0.4) is 0 Å². The number of piperidine rings is 1. The fourth-order valence-electron chi connectivity index (χ4n) is 2.93. The van der Waals surface area contributed by atoms with Crippen LogP contribution in [0.25, 0.3) is 0 Å². The average molecular weight is 340 g/mol. The minimum absolute atomic E-state index is 0.237. The van der Waals surface area contributed by atoms with Crippen LogP contribution in [-0.2, 0) is 6.54 Å². The minimum atomic E-state index is -0.237. The number of carbonyl (C=O) groups excluding carboxylic acids is 1. The normalized spacial score (nSPS) is 18.1. The van der Waals surface area contributed by atoms with Gasteiger partial charge in [0.25, 0.3) is 5.91 Å². The summed E-state index contributed by atoms with van der Waals surface area (Å²) in [5.41, 5.74) is 0.942. The van der Waals surface area contributed by atoms with E-state index in [9.17, 15) is 4.79 Å². The smallest absolute Gasteiger partial charge is 0.257 e. The second kappa shape index (κ2) is 7.56. The molecule has 1 aromatic heterocycles. The van der Waals surface area contributed by atoms with Crippen LogP contribution in [0, 0.1) is 11.3 Å². The predicted octanol–water partition coefficient (Wildman–Crippen LogP) is 3.64. The van der Waals surface area contributed by atoms with Gasteiger partial charge in [-0.3, -0.25) is 15.0 Å². The monoisotopic (exact) mass is 340 g/mol. The third-order valence-corrected chi connectivity index (χ3v) is 5.22. The van der Waals surface area contributed by atoms with Crippen molar-refractivity contribution in [3.8, 4) is 6.07 Å². The summed E-state index contributed by atoms with van der Waals surface area (Å²) < 4.78 is 0. The number of thiazole rings is 1. The highest BCUT2D eigenvalue weighted by molar-refractivity contribution is 7.15. The summed E-state index contributed by atoms with van der Waals surface area (Å²) in [4.78, 5) is 20.2. The SMILES string of the molecule is CC1CCCCN1Cc1cnc(NC(=O)c2cccc(C#N)c2)s1. The summed E-state index contributed by atoms with van der Waals surface area (Å²) in [5.74, 6) is -0.237. The Balaban J connectivity index is 1.63. The second-order valence-corrected chi connectivity index (χ2v) is 7.21. The quantitative estimate of drug-likeness (QED) is 0.922. The molecule has 1 saturated heterocycles. The Morgan fingerprint density at radius 3 is 3.17 bits per heavy atom. The van der Waals surface area contributed by atoms with Gasteiger partial charge in [0.1, 0.15) is 0 Å². The summed E-state index contributed by atoms with van der Waals surface area (Å²) in [7, 11) is 0. The van der Waals surface area contributed by atoms with Crippen LogP contribution >= 0.6 is 11.3 Å². The van der Waals surface area contributed by atoms with Gasteiger partial charge in [-0.25, -0.2) is 4.98 Å². The van der Waals surface area contributed by atoms with Crippen molar-refractivity contribution in [3.63, 3.8) is 0 Å². The molecule has 6 heteroatoms. The number of nitrogens with zero attached hydrogens (tertiary/aromatic N) is 3. The van der Waals surface area contributed by atoms with E-state index in [-0.39, 0.29) is 5.91 Å². The third-order valence-electron chi connectivity index (χ3n) is 4.33. The lowest BCUT2D eigenvalue weighted by molar-refractivity contribution is 0.102. The maximum Gasteiger partial charge on any atom is 0.257 e. The van der Waals surface area contributed by atoms with E-state index in [0.717, 1.165) is 18.0 Å². The van der Waals surface area contributed by atoms with Crippen molar-refractivity contribution in [1.82, 2.24) is 9.88 Å². The van der Waals surface area contributed by atoms with Crippen LogP contribution in [-0.4, -0.2) is 28.4 Å². The van der Waals surface area contributed by atoms with Gasteiger partial charge in [-0.2, -0.15) is 5.26 Å². The van der Waals surface area contributed by atoms with Crippen molar-refractivity contribution in [1.29, 1.82) is 5.26 Å². The molecule has 0 aliphatic carbocycles. The van der Waals surface area contributed by atoms with Gasteiger partial charge in [0, 0.05) is 29.2 Å². The molecule has 3 rings (SSSR count). The second-order valence-electron chi connectivity index (χ2n) is 6.09. The molecule has 1 amide bonds. The molecular weight excluding hydrogens is 320 g/mol. The first-order valence-corrected chi connectivity index (χ1v) is 8.97. The maximum atomic E-state index is 12.3. The van der Waals surface area contributed by atoms with Crippen molar-refractivity contribution in [3.05, 3.63) is 46.5 Å². The van der Waals surface area contributed by atoms with Gasteiger partial charge in [-0.05, 0) is 44.5 Å². The van der Waals surface area contributed by atoms with E-state index in [1.165, 1.54) is 30.6 Å². The van der Waals surface area contributed by atoms with Crippen molar-refractivity contribution in [2.45, 2.75) is 38.8 Å². The molecule has 1 aliphatic rings. The Kier molecular flexibility index (Phi) is 5.24. The number of carbonyl (C=O) groups is 1. The number of hydrogen-bond donors (Lipinski definition) is 1. The summed E-state index contributed by atoms with van der Waals surface area (Å²) in [6, 6.07) is 9.31. The van der Waals surface area contributed by atoms with Crippen LogP contribution in [0.2, 0.25) is 0 Å². The van der Waals surface area contributed by atoms with Crippen molar-refractivity contribution < 1.29 is 4.79 Å². The van der Waals surface area contributed by atoms with Crippen LogP contribution in [0.5, 0.6) is 0 Å². The van der Waals surface area contributed by atoms with Crippen molar-refractivity contribution in [2.75, 3.05) is 11.9 Å². The summed E-state index contributed by atoms with van der Waals surface area (Å²) in [6.45, 7) is 4.28. The Labute approximate surface area is 145 Å². The molecule has 1 aromatic carbocycles. The molecule has 5 nitrogen and oxygen atoms in total. The van der Waals surface area contributed by atoms with E-state index in [4.69, 9.17) is 5.26 Å². The fourth-order valence-corrected chi connectivity index (χ4v) is 3.76. The molecule has 2 aromatic rings. The highest BCUT2D eigenvalue weighted by atomic mass is 32.1. The number of aromatic nitrogens is 1. The standard InChI is InChI=1S/C18H20N4OS/c1-13-5-2-3-8-22(13)12-16-11-20-18(24-16)21-17(23)15-7-4-6-14(9-15)10-19/h4,6-7,9,11,13H,2-3,5,8,12H2,1H3,(H,20,21,23). The first-order chi connectivity index (χ1) is 11.7. The summed E-state index contributed by atoms with van der Waals surface area (Å²) in [5, 5.41) is 12.3. The number of anilines is 1. The minimum Gasteiger partial charge on any atom is -0.298 e. The third kappa shape index (κ3) is 3.99. The van der Waals surface area contributed by atoms with Gasteiger partial charge in [0.2, 0.25) is 0 Å². The number of nitrogens with one attached hydrogen (secondary N) is 1. The topological polar surface area (TPSA) is 69.0 Å². The molecule has 2 heterocycles. The molecular formula is C18H20N4OS. The first-order valence-electron chi connectivity index (χ1n) is 8.16. The van der Waals surface area contributed by atoms with E-state index >= 15 is 0 Å². The van der Waals surface area contributed by atoms with Crippen LogP contribution in [0.1, 0.15) is 47.0 Å². The molecule has 1 fully saturated rings. The van der Waals surface area contributed by atoms with Crippen molar-refractivity contribution >= 4 is 22.4 Å². The molecule has 24 heavy (non-hydrogen) atoms. The lowest BCUT2D eigenvalue weighted by Gasteiger charge is -2.32. The number of benzene rings is 1. The summed E-state index contributed by atoms with van der Waals surface area (Å²) >= 11 is 1.51. The van der Waals surface area contributed by atoms with Crippen LogP contribution in [0.15, 0.2) is 30.5 Å². The maximum absolute atomic E-state index is 12.3. The number of rotatable bonds is 4. The van der Waals surface area contributed by atoms with E-state index < -0.39 is 0 Å². The van der Waals surface area contributed by atoms with E-state index in [0.29, 0.717) is 22.3 Å². The molecule has 1 atom stereocenters. The zero-order valence-electron chi connectivity index (χ0n) is 13.7. The highest BCUT2D eigenvalue weighted by Crippen LogP contribution is 2.24. The molecule has 1 unspecified atom stereocenters. The van der Waals surface area contributed by atoms with E-state index in [1.54, 1.807) is 24.3 Å². The molecule has 1 aliphatic heterocycles. The zero-order valence-corrected chi connectivity index (χ0v) is 14.5. The lowest BCUT2D eigenvalue weighted by atomic mass is 10.0. The Morgan fingerprint density at radius 2 is 2.38 bits per heavy atom. The molecule has 124 valence electrons. The highest BCUT2D eigenvalue weighted by Gasteiger charge is 2.19. The number of amides is 1. The molecule has 0 bridgehead atoms. The predicted molar refractivity (Wildman–Crippen MR) is 94.9 cm³/mol.